The minimum atomic E-state index is 0.188. The Morgan fingerprint density at radius 3 is 2.27 bits per heavy atom. The van der Waals surface area contributed by atoms with Gasteiger partial charge in [0.15, 0.2) is 0 Å². The predicted octanol–water partition coefficient (Wildman–Crippen LogP) is 5.29. The molecule has 3 heteroatoms. The second kappa shape index (κ2) is 6.54. The van der Waals surface area contributed by atoms with Gasteiger partial charge < -0.3 is 9.84 Å². The van der Waals surface area contributed by atoms with Gasteiger partial charge in [-0.3, -0.25) is 0 Å². The Hall–Kier alpha value is -2.45. The maximum atomic E-state index is 10.2. The van der Waals surface area contributed by atoms with Gasteiger partial charge in [0.2, 0.25) is 0 Å². The molecule has 110 valence electrons. The minimum absolute atomic E-state index is 0.188. The average molecular weight is 311 g/mol. The van der Waals surface area contributed by atoms with E-state index in [2.05, 4.69) is 0 Å². The third-order valence-electron chi connectivity index (χ3n) is 3.37. The molecule has 0 aliphatic rings. The molecule has 0 aliphatic heterocycles. The molecular formula is C19H15ClO2. The number of rotatable bonds is 4. The van der Waals surface area contributed by atoms with Gasteiger partial charge in [0.25, 0.3) is 0 Å². The second-order valence-electron chi connectivity index (χ2n) is 4.96. The summed E-state index contributed by atoms with van der Waals surface area (Å²) in [5.74, 6) is 0.826. The first kappa shape index (κ1) is 14.5. The summed E-state index contributed by atoms with van der Waals surface area (Å²) < 4.78 is 5.70. The van der Waals surface area contributed by atoms with Gasteiger partial charge in [-0.15, -0.1) is 0 Å². The van der Waals surface area contributed by atoms with Gasteiger partial charge in [0.1, 0.15) is 18.1 Å². The van der Waals surface area contributed by atoms with Crippen molar-refractivity contribution in [2.75, 3.05) is 0 Å². The highest BCUT2D eigenvalue weighted by molar-refractivity contribution is 6.30. The van der Waals surface area contributed by atoms with Gasteiger partial charge in [-0.1, -0.05) is 54.1 Å². The second-order valence-corrected chi connectivity index (χ2v) is 5.40. The number of hydrogen-bond donors (Lipinski definition) is 1. The molecule has 2 nitrogen and oxygen atoms in total. The van der Waals surface area contributed by atoms with Gasteiger partial charge in [0, 0.05) is 16.7 Å². The van der Waals surface area contributed by atoms with Crippen LogP contribution in [0.3, 0.4) is 0 Å². The molecule has 0 atom stereocenters. The number of ether oxygens (including phenoxy) is 1. The van der Waals surface area contributed by atoms with Gasteiger partial charge in [-0.2, -0.15) is 0 Å². The third-order valence-corrected chi connectivity index (χ3v) is 3.62. The summed E-state index contributed by atoms with van der Waals surface area (Å²) in [5.41, 5.74) is 2.75. The lowest BCUT2D eigenvalue weighted by Crippen LogP contribution is -1.94. The monoisotopic (exact) mass is 310 g/mol. The first-order chi connectivity index (χ1) is 10.7. The topological polar surface area (TPSA) is 29.5 Å². The normalized spacial score (nSPS) is 10.4. The SMILES string of the molecule is Oc1cc(OCc2ccccc2)ccc1-c1ccc(Cl)cc1. The van der Waals surface area contributed by atoms with Crippen molar-refractivity contribution < 1.29 is 9.84 Å². The summed E-state index contributed by atoms with van der Waals surface area (Å²) in [6.07, 6.45) is 0. The first-order valence-corrected chi connectivity index (χ1v) is 7.36. The number of halogens is 1. The highest BCUT2D eigenvalue weighted by Gasteiger charge is 2.06. The highest BCUT2D eigenvalue weighted by Crippen LogP contribution is 2.33. The zero-order chi connectivity index (χ0) is 15.4. The van der Waals surface area contributed by atoms with Crippen LogP contribution in [0.2, 0.25) is 5.02 Å². The largest absolute Gasteiger partial charge is 0.507 e. The molecule has 0 unspecified atom stereocenters. The van der Waals surface area contributed by atoms with E-state index in [-0.39, 0.29) is 5.75 Å². The zero-order valence-corrected chi connectivity index (χ0v) is 12.6. The van der Waals surface area contributed by atoms with Crippen LogP contribution < -0.4 is 4.74 Å². The molecule has 0 spiro atoms. The van der Waals surface area contributed by atoms with Crippen LogP contribution in [0.1, 0.15) is 5.56 Å². The molecule has 3 rings (SSSR count). The Bertz CT molecular complexity index is 752. The maximum Gasteiger partial charge on any atom is 0.127 e. The lowest BCUT2D eigenvalue weighted by molar-refractivity contribution is 0.304. The van der Waals surface area contributed by atoms with E-state index in [1.807, 2.05) is 54.6 Å². The molecule has 0 bridgehead atoms. The summed E-state index contributed by atoms with van der Waals surface area (Å²) in [6.45, 7) is 0.473. The zero-order valence-electron chi connectivity index (χ0n) is 11.9. The van der Waals surface area contributed by atoms with Crippen LogP contribution >= 0.6 is 11.6 Å². The molecule has 0 saturated heterocycles. The number of phenolic OH excluding ortho intramolecular Hbond substituents is 1. The summed E-state index contributed by atoms with van der Waals surface area (Å²) in [7, 11) is 0. The standard InChI is InChI=1S/C19H15ClO2/c20-16-8-6-15(7-9-16)18-11-10-17(12-19(18)21)22-13-14-4-2-1-3-5-14/h1-12,21H,13H2. The van der Waals surface area contributed by atoms with Crippen molar-refractivity contribution in [3.05, 3.63) is 83.4 Å². The lowest BCUT2D eigenvalue weighted by Gasteiger charge is -2.10. The van der Waals surface area contributed by atoms with Crippen LogP contribution in [0.5, 0.6) is 11.5 Å². The van der Waals surface area contributed by atoms with Crippen molar-refractivity contribution >= 4 is 11.6 Å². The number of aromatic hydroxyl groups is 1. The Balaban J connectivity index is 1.76. The fourth-order valence-corrected chi connectivity index (χ4v) is 2.34. The van der Waals surface area contributed by atoms with Crippen LogP contribution in [0, 0.1) is 0 Å². The molecule has 0 fully saturated rings. The van der Waals surface area contributed by atoms with Crippen molar-refractivity contribution in [3.8, 4) is 22.6 Å². The van der Waals surface area contributed by atoms with Gasteiger partial charge >= 0.3 is 0 Å². The molecule has 0 aliphatic carbocycles. The molecule has 3 aromatic carbocycles. The Kier molecular flexibility index (Phi) is 4.31. The fourth-order valence-electron chi connectivity index (χ4n) is 2.22. The smallest absolute Gasteiger partial charge is 0.127 e. The lowest BCUT2D eigenvalue weighted by atomic mass is 10.0. The van der Waals surface area contributed by atoms with Crippen molar-refractivity contribution in [1.29, 1.82) is 0 Å². The van der Waals surface area contributed by atoms with Gasteiger partial charge in [0.05, 0.1) is 0 Å². The van der Waals surface area contributed by atoms with Crippen molar-refractivity contribution in [2.45, 2.75) is 6.61 Å². The van der Waals surface area contributed by atoms with E-state index in [9.17, 15) is 5.11 Å². The number of hydrogen-bond acceptors (Lipinski definition) is 2. The molecule has 3 aromatic rings. The van der Waals surface area contributed by atoms with Crippen LogP contribution in [0.15, 0.2) is 72.8 Å². The van der Waals surface area contributed by atoms with E-state index in [0.717, 1.165) is 16.7 Å². The van der Waals surface area contributed by atoms with E-state index >= 15 is 0 Å². The highest BCUT2D eigenvalue weighted by atomic mass is 35.5. The van der Waals surface area contributed by atoms with E-state index in [0.29, 0.717) is 17.4 Å². The van der Waals surface area contributed by atoms with Crippen LogP contribution in [-0.2, 0) is 6.61 Å². The number of phenols is 1. The molecule has 22 heavy (non-hydrogen) atoms. The molecule has 0 radical (unpaired) electrons. The summed E-state index contributed by atoms with van der Waals surface area (Å²) in [6, 6.07) is 22.6. The van der Waals surface area contributed by atoms with E-state index < -0.39 is 0 Å². The molecule has 0 amide bonds. The van der Waals surface area contributed by atoms with E-state index in [1.54, 1.807) is 18.2 Å². The maximum absolute atomic E-state index is 10.2. The first-order valence-electron chi connectivity index (χ1n) is 6.98. The Morgan fingerprint density at radius 2 is 1.59 bits per heavy atom. The average Bonchev–Trinajstić information content (AvgIpc) is 2.55. The quantitative estimate of drug-likeness (QED) is 0.709. The van der Waals surface area contributed by atoms with Crippen molar-refractivity contribution in [1.82, 2.24) is 0 Å². The molecule has 0 aromatic heterocycles. The van der Waals surface area contributed by atoms with Gasteiger partial charge in [-0.05, 0) is 35.4 Å². The summed E-state index contributed by atoms with van der Waals surface area (Å²) in [4.78, 5) is 0. The van der Waals surface area contributed by atoms with Crippen molar-refractivity contribution in [3.63, 3.8) is 0 Å². The Morgan fingerprint density at radius 1 is 0.864 bits per heavy atom. The molecule has 0 heterocycles. The minimum Gasteiger partial charge on any atom is -0.507 e. The van der Waals surface area contributed by atoms with Crippen LogP contribution in [-0.4, -0.2) is 5.11 Å². The fraction of sp³-hybridized carbons (Fsp3) is 0.0526. The van der Waals surface area contributed by atoms with Crippen LogP contribution in [0.25, 0.3) is 11.1 Å². The van der Waals surface area contributed by atoms with Crippen molar-refractivity contribution in [2.24, 2.45) is 0 Å². The predicted molar refractivity (Wildman–Crippen MR) is 89.3 cm³/mol. The van der Waals surface area contributed by atoms with E-state index in [1.165, 1.54) is 0 Å². The Labute approximate surface area is 134 Å². The molecule has 1 N–H and O–H groups in total. The third kappa shape index (κ3) is 3.41. The van der Waals surface area contributed by atoms with E-state index in [4.69, 9.17) is 16.3 Å². The molecular weight excluding hydrogens is 296 g/mol. The van der Waals surface area contributed by atoms with Gasteiger partial charge in [-0.25, -0.2) is 0 Å². The summed E-state index contributed by atoms with van der Waals surface area (Å²) >= 11 is 5.88. The number of benzene rings is 3. The molecule has 0 saturated carbocycles. The van der Waals surface area contributed by atoms with Crippen LogP contribution in [0.4, 0.5) is 0 Å². The summed E-state index contributed by atoms with van der Waals surface area (Å²) in [5, 5.41) is 10.9.